The van der Waals surface area contributed by atoms with Crippen molar-refractivity contribution in [2.45, 2.75) is 39.8 Å². The number of rotatable bonds is 6. The number of carbonyl (C=O) groups is 3. The minimum Gasteiger partial charge on any atom is -0.508 e. The van der Waals surface area contributed by atoms with Gasteiger partial charge in [-0.05, 0) is 43.5 Å². The molecule has 8 heteroatoms. The zero-order chi connectivity index (χ0) is 23.9. The Kier molecular flexibility index (Phi) is 5.76. The number of esters is 1. The van der Waals surface area contributed by atoms with E-state index in [4.69, 9.17) is 9.15 Å². The number of phenols is 1. The highest BCUT2D eigenvalue weighted by Crippen LogP contribution is 2.29. The fourth-order valence-corrected chi connectivity index (χ4v) is 4.02. The summed E-state index contributed by atoms with van der Waals surface area (Å²) in [5.41, 5.74) is 0.843. The lowest BCUT2D eigenvalue weighted by Crippen LogP contribution is -2.46. The van der Waals surface area contributed by atoms with Crippen LogP contribution in [0.25, 0.3) is 11.0 Å². The van der Waals surface area contributed by atoms with Crippen LogP contribution in [-0.2, 0) is 16.1 Å². The van der Waals surface area contributed by atoms with Gasteiger partial charge in [-0.1, -0.05) is 26.0 Å². The minimum atomic E-state index is -1.10. The molecule has 0 spiro atoms. The molecule has 0 fully saturated rings. The number of aryl methyl sites for hydroxylation is 1. The summed E-state index contributed by atoms with van der Waals surface area (Å²) in [6.07, 6.45) is 0.231. The Morgan fingerprint density at radius 2 is 1.70 bits per heavy atom. The monoisotopic (exact) mass is 449 g/mol. The third kappa shape index (κ3) is 4.00. The van der Waals surface area contributed by atoms with Crippen LogP contribution in [0.4, 0.5) is 0 Å². The summed E-state index contributed by atoms with van der Waals surface area (Å²) < 4.78 is 10.7. The average Bonchev–Trinajstić information content (AvgIpc) is 3.03. The highest BCUT2D eigenvalue weighted by molar-refractivity contribution is 6.22. The molecule has 0 aliphatic carbocycles. The third-order valence-electron chi connectivity index (χ3n) is 5.69. The Bertz CT molecular complexity index is 1300. The number of fused-ring (bicyclic) bond motifs is 2. The summed E-state index contributed by atoms with van der Waals surface area (Å²) in [6.45, 7) is 5.10. The van der Waals surface area contributed by atoms with Gasteiger partial charge in [0.25, 0.3) is 11.8 Å². The first kappa shape index (κ1) is 22.3. The number of imide groups is 1. The normalized spacial score (nSPS) is 14.1. The number of aromatic hydroxyl groups is 1. The molecule has 33 heavy (non-hydrogen) atoms. The Morgan fingerprint density at radius 1 is 1.06 bits per heavy atom. The van der Waals surface area contributed by atoms with Gasteiger partial charge in [0.15, 0.2) is 0 Å². The molecular weight excluding hydrogens is 426 g/mol. The van der Waals surface area contributed by atoms with E-state index in [0.717, 1.165) is 4.90 Å². The number of phenolic OH excluding ortho intramolecular Hbond substituents is 1. The van der Waals surface area contributed by atoms with Crippen molar-refractivity contribution >= 4 is 28.8 Å². The molecule has 0 unspecified atom stereocenters. The average molecular weight is 449 g/mol. The van der Waals surface area contributed by atoms with Gasteiger partial charge in [-0.25, -0.2) is 9.59 Å². The first-order valence-corrected chi connectivity index (χ1v) is 10.6. The van der Waals surface area contributed by atoms with Gasteiger partial charge in [0.2, 0.25) is 0 Å². The lowest BCUT2D eigenvalue weighted by molar-refractivity contribution is -0.150. The second-order valence-corrected chi connectivity index (χ2v) is 8.46. The summed E-state index contributed by atoms with van der Waals surface area (Å²) in [5, 5.41) is 10.4. The Labute approximate surface area is 189 Å². The van der Waals surface area contributed by atoms with Crippen LogP contribution in [0.1, 0.15) is 52.1 Å². The van der Waals surface area contributed by atoms with E-state index in [-0.39, 0.29) is 41.4 Å². The van der Waals surface area contributed by atoms with Crippen LogP contribution in [0.5, 0.6) is 5.75 Å². The summed E-state index contributed by atoms with van der Waals surface area (Å²) in [7, 11) is 0. The molecule has 170 valence electrons. The first-order chi connectivity index (χ1) is 15.7. The van der Waals surface area contributed by atoms with Gasteiger partial charge in [0, 0.05) is 22.6 Å². The molecule has 1 aromatic heterocycles. The van der Waals surface area contributed by atoms with Crippen molar-refractivity contribution in [3.05, 3.63) is 75.1 Å². The van der Waals surface area contributed by atoms with E-state index in [1.54, 1.807) is 37.3 Å². The van der Waals surface area contributed by atoms with E-state index in [2.05, 4.69) is 0 Å². The zero-order valence-electron chi connectivity index (χ0n) is 18.5. The molecule has 0 radical (unpaired) electrons. The van der Waals surface area contributed by atoms with Crippen LogP contribution in [0.2, 0.25) is 0 Å². The van der Waals surface area contributed by atoms with E-state index in [0.29, 0.717) is 16.5 Å². The predicted octanol–water partition coefficient (Wildman–Crippen LogP) is 3.56. The van der Waals surface area contributed by atoms with Crippen LogP contribution < -0.4 is 5.63 Å². The minimum absolute atomic E-state index is 0.00193. The van der Waals surface area contributed by atoms with Crippen molar-refractivity contribution in [3.63, 3.8) is 0 Å². The van der Waals surface area contributed by atoms with Crippen LogP contribution in [-0.4, -0.2) is 33.8 Å². The maximum Gasteiger partial charge on any atom is 0.336 e. The van der Waals surface area contributed by atoms with Gasteiger partial charge in [-0.15, -0.1) is 0 Å². The van der Waals surface area contributed by atoms with Gasteiger partial charge < -0.3 is 14.3 Å². The number of ether oxygens (including phenoxy) is 1. The Morgan fingerprint density at radius 3 is 2.30 bits per heavy atom. The largest absolute Gasteiger partial charge is 0.508 e. The quantitative estimate of drug-likeness (QED) is 0.348. The molecule has 0 bridgehead atoms. The van der Waals surface area contributed by atoms with Crippen molar-refractivity contribution in [1.29, 1.82) is 0 Å². The fourth-order valence-electron chi connectivity index (χ4n) is 4.02. The first-order valence-electron chi connectivity index (χ1n) is 10.6. The Balaban J connectivity index is 1.63. The molecule has 3 aromatic rings. The zero-order valence-corrected chi connectivity index (χ0v) is 18.5. The third-order valence-corrected chi connectivity index (χ3v) is 5.69. The summed E-state index contributed by atoms with van der Waals surface area (Å²) >= 11 is 0. The second kappa shape index (κ2) is 8.54. The molecule has 2 heterocycles. The number of hydrogen-bond acceptors (Lipinski definition) is 7. The molecule has 1 aliphatic rings. The topological polar surface area (TPSA) is 114 Å². The number of amides is 2. The van der Waals surface area contributed by atoms with Crippen molar-refractivity contribution in [1.82, 2.24) is 4.90 Å². The van der Waals surface area contributed by atoms with Gasteiger partial charge in [-0.2, -0.15) is 0 Å². The van der Waals surface area contributed by atoms with Crippen molar-refractivity contribution in [3.8, 4) is 5.75 Å². The van der Waals surface area contributed by atoms with E-state index in [1.807, 2.05) is 13.8 Å². The molecule has 2 aromatic carbocycles. The van der Waals surface area contributed by atoms with Crippen LogP contribution in [0.3, 0.4) is 0 Å². The van der Waals surface area contributed by atoms with Crippen LogP contribution in [0.15, 0.2) is 51.7 Å². The molecule has 0 saturated carbocycles. The summed E-state index contributed by atoms with van der Waals surface area (Å²) in [6, 6.07) is 9.58. The Hall–Kier alpha value is -3.94. The van der Waals surface area contributed by atoms with Gasteiger partial charge in [-0.3, -0.25) is 14.5 Å². The lowest BCUT2D eigenvalue weighted by atomic mass is 10.0. The molecule has 1 aliphatic heterocycles. The molecule has 2 amide bonds. The van der Waals surface area contributed by atoms with Crippen molar-refractivity contribution < 1.29 is 28.6 Å². The SMILES string of the molecule is Cc1c(O)ccc2c(COC(=O)[C@H](CC(C)C)N3C(=O)c4ccccc4C3=O)cc(=O)oc12. The van der Waals surface area contributed by atoms with Crippen LogP contribution in [0, 0.1) is 12.8 Å². The predicted molar refractivity (Wildman–Crippen MR) is 119 cm³/mol. The van der Waals surface area contributed by atoms with E-state index < -0.39 is 29.5 Å². The highest BCUT2D eigenvalue weighted by Gasteiger charge is 2.43. The van der Waals surface area contributed by atoms with E-state index in [9.17, 15) is 24.3 Å². The molecular formula is C25H23NO7. The maximum atomic E-state index is 13.1. The van der Waals surface area contributed by atoms with Crippen molar-refractivity contribution in [2.75, 3.05) is 0 Å². The van der Waals surface area contributed by atoms with Gasteiger partial charge >= 0.3 is 11.6 Å². The van der Waals surface area contributed by atoms with Gasteiger partial charge in [0.05, 0.1) is 11.1 Å². The number of hydrogen-bond donors (Lipinski definition) is 1. The second-order valence-electron chi connectivity index (χ2n) is 8.46. The smallest absolute Gasteiger partial charge is 0.336 e. The van der Waals surface area contributed by atoms with E-state index in [1.165, 1.54) is 12.1 Å². The van der Waals surface area contributed by atoms with Gasteiger partial charge in [0.1, 0.15) is 24.0 Å². The van der Waals surface area contributed by atoms with Crippen LogP contribution >= 0.6 is 0 Å². The molecule has 4 rings (SSSR count). The molecule has 1 atom stereocenters. The summed E-state index contributed by atoms with van der Waals surface area (Å²) in [4.78, 5) is 51.9. The lowest BCUT2D eigenvalue weighted by Gasteiger charge is -2.26. The highest BCUT2D eigenvalue weighted by atomic mass is 16.5. The van der Waals surface area contributed by atoms with E-state index >= 15 is 0 Å². The number of nitrogens with zero attached hydrogens (tertiary/aromatic N) is 1. The summed E-state index contributed by atoms with van der Waals surface area (Å²) in [5.74, 6) is -1.83. The fraction of sp³-hybridized carbons (Fsp3) is 0.280. The number of benzene rings is 2. The molecule has 0 saturated heterocycles. The van der Waals surface area contributed by atoms with Crippen molar-refractivity contribution in [2.24, 2.45) is 5.92 Å². The standard InChI is InChI=1S/C25H23NO7/c1-13(2)10-19(26-23(29)17-6-4-5-7-18(17)24(26)30)25(31)32-12-15-11-21(28)33-22-14(3)20(27)9-8-16(15)22/h4-9,11,13,19,27H,10,12H2,1-3H3/t19-/m0/s1. The molecule has 1 N–H and O–H groups in total. The maximum absolute atomic E-state index is 13.1. The molecule has 8 nitrogen and oxygen atoms in total. The number of carbonyl (C=O) groups excluding carboxylic acids is 3.